The Morgan fingerprint density at radius 2 is 2.03 bits per heavy atom. The second-order valence-corrected chi connectivity index (χ2v) is 11.2. The zero-order valence-electron chi connectivity index (χ0n) is 16.4. The molecule has 1 saturated heterocycles. The predicted octanol–water partition coefficient (Wildman–Crippen LogP) is 3.71. The maximum absolute atomic E-state index is 11.6. The first-order chi connectivity index (χ1) is 15.0. The minimum Gasteiger partial charge on any atom is -0.314 e. The molecule has 2 N–H and O–H groups in total. The summed E-state index contributed by atoms with van der Waals surface area (Å²) >= 11 is 7.84. The van der Waals surface area contributed by atoms with Gasteiger partial charge in [0.25, 0.3) is 0 Å². The van der Waals surface area contributed by atoms with Gasteiger partial charge in [-0.2, -0.15) is 5.10 Å². The van der Waals surface area contributed by atoms with Crippen LogP contribution in [0.1, 0.15) is 4.88 Å². The van der Waals surface area contributed by atoms with E-state index in [4.69, 9.17) is 11.6 Å². The van der Waals surface area contributed by atoms with E-state index in [2.05, 4.69) is 30.4 Å². The number of hydrogen-bond acceptors (Lipinski definition) is 8. The molecule has 0 saturated carbocycles. The number of benzene rings is 1. The fourth-order valence-corrected chi connectivity index (χ4v) is 5.88. The van der Waals surface area contributed by atoms with Crippen LogP contribution < -0.4 is 5.32 Å². The largest absolute Gasteiger partial charge is 0.314 e. The molecule has 1 aromatic carbocycles. The van der Waals surface area contributed by atoms with Gasteiger partial charge in [-0.25, -0.2) is 13.4 Å². The first kappa shape index (κ1) is 20.4. The van der Waals surface area contributed by atoms with E-state index in [1.54, 1.807) is 12.3 Å². The molecular weight excluding hydrogens is 456 g/mol. The number of pyridine rings is 1. The van der Waals surface area contributed by atoms with Crippen molar-refractivity contribution in [3.05, 3.63) is 52.6 Å². The lowest BCUT2D eigenvalue weighted by molar-refractivity contribution is 0.290. The Balaban J connectivity index is 1.34. The number of anilines is 2. The van der Waals surface area contributed by atoms with Gasteiger partial charge in [0.15, 0.2) is 20.8 Å². The van der Waals surface area contributed by atoms with E-state index in [0.29, 0.717) is 30.5 Å². The molecule has 0 amide bonds. The summed E-state index contributed by atoms with van der Waals surface area (Å²) in [6.07, 6.45) is 3.54. The number of aromatic nitrogens is 4. The maximum Gasteiger partial charge on any atom is 0.188 e. The lowest BCUT2D eigenvalue weighted by Crippen LogP contribution is -2.39. The Morgan fingerprint density at radius 1 is 1.19 bits per heavy atom. The first-order valence-corrected chi connectivity index (χ1v) is 12.7. The smallest absolute Gasteiger partial charge is 0.188 e. The highest BCUT2D eigenvalue weighted by Crippen LogP contribution is 2.32. The number of rotatable bonds is 5. The lowest BCUT2D eigenvalue weighted by atomic mass is 10.1. The minimum absolute atomic E-state index is 0.221. The van der Waals surface area contributed by atoms with Gasteiger partial charge in [-0.3, -0.25) is 15.0 Å². The quantitative estimate of drug-likeness (QED) is 0.454. The topological polar surface area (TPSA) is 104 Å². The molecule has 5 rings (SSSR count). The summed E-state index contributed by atoms with van der Waals surface area (Å²) in [4.78, 5) is 12.1. The zero-order valence-corrected chi connectivity index (χ0v) is 18.8. The van der Waals surface area contributed by atoms with Crippen LogP contribution in [0, 0.1) is 0 Å². The van der Waals surface area contributed by atoms with E-state index >= 15 is 0 Å². The van der Waals surface area contributed by atoms with Gasteiger partial charge in [0.2, 0.25) is 0 Å². The van der Waals surface area contributed by atoms with E-state index in [-0.39, 0.29) is 11.5 Å². The van der Waals surface area contributed by atoms with Gasteiger partial charge >= 0.3 is 0 Å². The first-order valence-electron chi connectivity index (χ1n) is 9.70. The van der Waals surface area contributed by atoms with E-state index in [0.717, 1.165) is 32.2 Å². The van der Waals surface area contributed by atoms with Crippen LogP contribution in [0.5, 0.6) is 0 Å². The molecule has 0 aliphatic carbocycles. The van der Waals surface area contributed by atoms with Crippen LogP contribution in [-0.2, 0) is 16.4 Å². The van der Waals surface area contributed by atoms with Crippen LogP contribution >= 0.6 is 22.9 Å². The summed E-state index contributed by atoms with van der Waals surface area (Å²) in [6, 6.07) is 9.53. The van der Waals surface area contributed by atoms with Crippen molar-refractivity contribution in [2.75, 3.05) is 29.9 Å². The summed E-state index contributed by atoms with van der Waals surface area (Å²) in [7, 11) is -2.87. The molecule has 0 bridgehead atoms. The Kier molecular flexibility index (Phi) is 5.39. The molecular formula is C20H19ClN6O2S2. The number of thiazole rings is 1. The summed E-state index contributed by atoms with van der Waals surface area (Å²) in [5.74, 6) is 1.12. The number of halogens is 1. The van der Waals surface area contributed by atoms with Gasteiger partial charge in [0, 0.05) is 47.9 Å². The molecule has 31 heavy (non-hydrogen) atoms. The Hall–Kier alpha value is -2.53. The third-order valence-electron chi connectivity index (χ3n) is 5.19. The van der Waals surface area contributed by atoms with E-state index < -0.39 is 9.84 Å². The average Bonchev–Trinajstić information content (AvgIpc) is 3.37. The number of nitrogens with zero attached hydrogens (tertiary/aromatic N) is 4. The summed E-state index contributed by atoms with van der Waals surface area (Å²) in [5, 5.41) is 12.9. The SMILES string of the molecule is O=S1(=O)CCN(Cc2cnc(Nc3n[nH]c4ccc(-c5ncccc5Cl)cc34)s2)CC1. The number of sulfone groups is 1. The zero-order chi connectivity index (χ0) is 21.4. The molecule has 1 aliphatic heterocycles. The standard InChI is InChI=1S/C20H19ClN6O2S2/c21-16-2-1-5-22-18(16)13-3-4-17-15(10-13)19(26-25-17)24-20-23-11-14(30-20)12-27-6-8-31(28,29)9-7-27/h1-5,10-11H,6-9,12H2,(H2,23,24,25,26). The average molecular weight is 475 g/mol. The Bertz CT molecular complexity index is 1340. The highest BCUT2D eigenvalue weighted by molar-refractivity contribution is 7.91. The highest BCUT2D eigenvalue weighted by atomic mass is 35.5. The molecule has 4 aromatic rings. The second-order valence-electron chi connectivity index (χ2n) is 7.35. The Morgan fingerprint density at radius 3 is 2.84 bits per heavy atom. The summed E-state index contributed by atoms with van der Waals surface area (Å²) in [6.45, 7) is 1.82. The summed E-state index contributed by atoms with van der Waals surface area (Å²) < 4.78 is 23.2. The van der Waals surface area contributed by atoms with Gasteiger partial charge in [0.05, 0.1) is 27.7 Å². The van der Waals surface area contributed by atoms with Crippen molar-refractivity contribution >= 4 is 54.6 Å². The van der Waals surface area contributed by atoms with Crippen molar-refractivity contribution in [3.8, 4) is 11.3 Å². The lowest BCUT2D eigenvalue weighted by Gasteiger charge is -2.25. The van der Waals surface area contributed by atoms with Crippen LogP contribution in [0.15, 0.2) is 42.7 Å². The van der Waals surface area contributed by atoms with Crippen LogP contribution in [-0.4, -0.2) is 58.1 Å². The van der Waals surface area contributed by atoms with Gasteiger partial charge < -0.3 is 5.32 Å². The van der Waals surface area contributed by atoms with Gasteiger partial charge in [-0.05, 0) is 24.3 Å². The molecule has 1 aliphatic rings. The van der Waals surface area contributed by atoms with Crippen LogP contribution in [0.4, 0.5) is 10.9 Å². The van der Waals surface area contributed by atoms with E-state index in [1.807, 2.05) is 30.5 Å². The minimum atomic E-state index is -2.87. The number of H-pyrrole nitrogens is 1. The normalized spacial score (nSPS) is 16.5. The van der Waals surface area contributed by atoms with Crippen LogP contribution in [0.3, 0.4) is 0 Å². The summed E-state index contributed by atoms with van der Waals surface area (Å²) in [5.41, 5.74) is 2.52. The van der Waals surface area contributed by atoms with Crippen molar-refractivity contribution in [2.24, 2.45) is 0 Å². The number of aromatic amines is 1. The van der Waals surface area contributed by atoms with Gasteiger partial charge in [-0.1, -0.05) is 17.7 Å². The van der Waals surface area contributed by atoms with Crippen molar-refractivity contribution in [1.82, 2.24) is 25.1 Å². The second kappa shape index (κ2) is 8.19. The van der Waals surface area contributed by atoms with Crippen molar-refractivity contribution in [2.45, 2.75) is 6.54 Å². The molecule has 160 valence electrons. The van der Waals surface area contributed by atoms with E-state index in [1.165, 1.54) is 11.3 Å². The predicted molar refractivity (Wildman–Crippen MR) is 124 cm³/mol. The molecule has 4 heterocycles. The Labute approximate surface area is 188 Å². The fourth-order valence-electron chi connectivity index (χ4n) is 3.52. The highest BCUT2D eigenvalue weighted by Gasteiger charge is 2.22. The van der Waals surface area contributed by atoms with Crippen molar-refractivity contribution in [3.63, 3.8) is 0 Å². The van der Waals surface area contributed by atoms with E-state index in [9.17, 15) is 8.42 Å². The van der Waals surface area contributed by atoms with Crippen LogP contribution in [0.2, 0.25) is 5.02 Å². The molecule has 0 radical (unpaired) electrons. The molecule has 1 fully saturated rings. The molecule has 0 spiro atoms. The van der Waals surface area contributed by atoms with Gasteiger partial charge in [-0.15, -0.1) is 11.3 Å². The number of hydrogen-bond donors (Lipinski definition) is 2. The third-order valence-corrected chi connectivity index (χ3v) is 8.00. The monoisotopic (exact) mass is 474 g/mol. The van der Waals surface area contributed by atoms with Crippen molar-refractivity contribution < 1.29 is 8.42 Å². The van der Waals surface area contributed by atoms with Crippen LogP contribution in [0.25, 0.3) is 22.2 Å². The molecule has 3 aromatic heterocycles. The fraction of sp³-hybridized carbons (Fsp3) is 0.250. The molecule has 8 nitrogen and oxygen atoms in total. The van der Waals surface area contributed by atoms with Gasteiger partial charge in [0.1, 0.15) is 0 Å². The molecule has 11 heteroatoms. The molecule has 0 atom stereocenters. The number of nitrogens with one attached hydrogen (secondary N) is 2. The third kappa shape index (κ3) is 4.42. The maximum atomic E-state index is 11.6. The number of fused-ring (bicyclic) bond motifs is 1. The van der Waals surface area contributed by atoms with Crippen molar-refractivity contribution in [1.29, 1.82) is 0 Å². The molecule has 0 unspecified atom stereocenters.